The summed E-state index contributed by atoms with van der Waals surface area (Å²) in [6, 6.07) is 6.28. The minimum Gasteiger partial charge on any atom is -0.313 e. The van der Waals surface area contributed by atoms with Crippen LogP contribution in [-0.2, 0) is 0 Å². The van der Waals surface area contributed by atoms with Crippen LogP contribution < -0.4 is 5.32 Å². The van der Waals surface area contributed by atoms with Gasteiger partial charge in [0.2, 0.25) is 0 Å². The fourth-order valence-electron chi connectivity index (χ4n) is 2.15. The van der Waals surface area contributed by atoms with Crippen LogP contribution in [0.1, 0.15) is 24.1 Å². The summed E-state index contributed by atoms with van der Waals surface area (Å²) in [4.78, 5) is 0. The molecule has 20 heavy (non-hydrogen) atoms. The Balaban J connectivity index is 2.68. The third kappa shape index (κ3) is 2.70. The number of hydrogen-bond donors (Lipinski definition) is 1. The van der Waals surface area contributed by atoms with E-state index in [1.807, 2.05) is 6.92 Å². The smallest absolute Gasteiger partial charge is 0.131 e. The molecule has 1 nitrogen and oxygen atoms in total. The summed E-state index contributed by atoms with van der Waals surface area (Å²) in [6.07, 6.45) is 0. The van der Waals surface area contributed by atoms with E-state index in [0.717, 1.165) is 17.7 Å². The molecular weight excluding hydrogens is 263 g/mol. The van der Waals surface area contributed by atoms with Crippen LogP contribution in [0.5, 0.6) is 0 Å². The van der Waals surface area contributed by atoms with Crippen molar-refractivity contribution in [3.63, 3.8) is 0 Å². The quantitative estimate of drug-likeness (QED) is 0.880. The maximum absolute atomic E-state index is 14.1. The largest absolute Gasteiger partial charge is 0.313 e. The molecule has 1 unspecified atom stereocenters. The zero-order chi connectivity index (χ0) is 14.9. The number of halogens is 3. The first-order valence-electron chi connectivity index (χ1n) is 6.36. The molecule has 0 heterocycles. The third-order valence-electron chi connectivity index (χ3n) is 3.45. The van der Waals surface area contributed by atoms with Crippen LogP contribution in [0, 0.1) is 24.4 Å². The molecular formula is C16H16F3N. The van der Waals surface area contributed by atoms with Crippen LogP contribution >= 0.6 is 0 Å². The number of hydrogen-bond acceptors (Lipinski definition) is 1. The maximum atomic E-state index is 14.1. The van der Waals surface area contributed by atoms with E-state index < -0.39 is 17.5 Å². The number of rotatable bonds is 3. The lowest BCUT2D eigenvalue weighted by molar-refractivity contribution is 0.593. The molecule has 0 aliphatic rings. The highest BCUT2D eigenvalue weighted by Gasteiger charge is 2.16. The summed E-state index contributed by atoms with van der Waals surface area (Å²) >= 11 is 0. The summed E-state index contributed by atoms with van der Waals surface area (Å²) < 4.78 is 41.2. The molecule has 106 valence electrons. The van der Waals surface area contributed by atoms with E-state index in [4.69, 9.17) is 0 Å². The average molecular weight is 279 g/mol. The first-order chi connectivity index (χ1) is 9.43. The van der Waals surface area contributed by atoms with Gasteiger partial charge in [-0.1, -0.05) is 6.07 Å². The molecule has 1 N–H and O–H groups in total. The van der Waals surface area contributed by atoms with Crippen LogP contribution in [0.25, 0.3) is 11.1 Å². The highest BCUT2D eigenvalue weighted by Crippen LogP contribution is 2.32. The van der Waals surface area contributed by atoms with Crippen molar-refractivity contribution >= 4 is 0 Å². The molecule has 0 bridgehead atoms. The highest BCUT2D eigenvalue weighted by molar-refractivity contribution is 5.69. The Morgan fingerprint density at radius 3 is 2.30 bits per heavy atom. The van der Waals surface area contributed by atoms with Crippen molar-refractivity contribution in [1.29, 1.82) is 0 Å². The summed E-state index contributed by atoms with van der Waals surface area (Å²) in [5.74, 6) is -1.54. The molecule has 1 atom stereocenters. The predicted molar refractivity (Wildman–Crippen MR) is 74.0 cm³/mol. The minimum atomic E-state index is -0.556. The van der Waals surface area contributed by atoms with Gasteiger partial charge in [-0.25, -0.2) is 13.2 Å². The maximum Gasteiger partial charge on any atom is 0.131 e. The average Bonchev–Trinajstić information content (AvgIpc) is 2.42. The summed E-state index contributed by atoms with van der Waals surface area (Å²) in [5.41, 5.74) is 1.38. The lowest BCUT2D eigenvalue weighted by Crippen LogP contribution is -2.13. The molecule has 0 amide bonds. The van der Waals surface area contributed by atoms with E-state index in [-0.39, 0.29) is 17.2 Å². The zero-order valence-corrected chi connectivity index (χ0v) is 11.6. The van der Waals surface area contributed by atoms with Gasteiger partial charge in [-0.2, -0.15) is 0 Å². The van der Waals surface area contributed by atoms with Crippen LogP contribution in [0.2, 0.25) is 0 Å². The summed E-state index contributed by atoms with van der Waals surface area (Å²) in [5, 5.41) is 3.02. The van der Waals surface area contributed by atoms with E-state index in [1.54, 1.807) is 13.1 Å². The summed E-state index contributed by atoms with van der Waals surface area (Å²) in [7, 11) is 1.75. The van der Waals surface area contributed by atoms with Crippen molar-refractivity contribution in [2.75, 3.05) is 7.05 Å². The Kier molecular flexibility index (Phi) is 4.14. The lowest BCUT2D eigenvalue weighted by Gasteiger charge is -2.17. The van der Waals surface area contributed by atoms with Gasteiger partial charge in [0.15, 0.2) is 0 Å². The second-order valence-electron chi connectivity index (χ2n) is 4.82. The molecule has 0 spiro atoms. The molecule has 0 saturated carbocycles. The molecule has 2 aromatic carbocycles. The standard InChI is InChI=1S/C16H16F3N/c1-9-6-16(19)14(8-15(9)18)13-7-11(17)4-5-12(13)10(2)20-3/h4-8,10,20H,1-3H3. The highest BCUT2D eigenvalue weighted by atomic mass is 19.1. The monoisotopic (exact) mass is 279 g/mol. The third-order valence-corrected chi connectivity index (χ3v) is 3.45. The van der Waals surface area contributed by atoms with E-state index in [0.29, 0.717) is 5.56 Å². The Morgan fingerprint density at radius 2 is 1.65 bits per heavy atom. The normalized spacial score (nSPS) is 12.5. The molecule has 4 heteroatoms. The van der Waals surface area contributed by atoms with Gasteiger partial charge in [0.25, 0.3) is 0 Å². The van der Waals surface area contributed by atoms with E-state index in [2.05, 4.69) is 5.32 Å². The van der Waals surface area contributed by atoms with Crippen molar-refractivity contribution in [2.45, 2.75) is 19.9 Å². The molecule has 0 saturated heterocycles. The Morgan fingerprint density at radius 1 is 0.950 bits per heavy atom. The predicted octanol–water partition coefficient (Wildman–Crippen LogP) is 4.36. The van der Waals surface area contributed by atoms with Gasteiger partial charge in [-0.3, -0.25) is 0 Å². The van der Waals surface area contributed by atoms with Crippen molar-refractivity contribution < 1.29 is 13.2 Å². The molecule has 0 aromatic heterocycles. The van der Waals surface area contributed by atoms with Gasteiger partial charge < -0.3 is 5.32 Å². The second kappa shape index (κ2) is 5.67. The Labute approximate surface area is 116 Å². The molecule has 2 aromatic rings. The van der Waals surface area contributed by atoms with E-state index >= 15 is 0 Å². The van der Waals surface area contributed by atoms with Crippen LogP contribution in [0.15, 0.2) is 30.3 Å². The van der Waals surface area contributed by atoms with Crippen molar-refractivity contribution in [2.24, 2.45) is 0 Å². The SMILES string of the molecule is CNC(C)c1ccc(F)cc1-c1cc(F)c(C)cc1F. The van der Waals surface area contributed by atoms with Crippen LogP contribution in [-0.4, -0.2) is 7.05 Å². The minimum absolute atomic E-state index is 0.0738. The Hall–Kier alpha value is -1.81. The van der Waals surface area contributed by atoms with E-state index in [9.17, 15) is 13.2 Å². The number of aryl methyl sites for hydroxylation is 1. The van der Waals surface area contributed by atoms with Gasteiger partial charge in [0.1, 0.15) is 17.5 Å². The number of benzene rings is 2. The number of nitrogens with one attached hydrogen (secondary N) is 1. The topological polar surface area (TPSA) is 12.0 Å². The van der Waals surface area contributed by atoms with E-state index in [1.165, 1.54) is 19.1 Å². The summed E-state index contributed by atoms with van der Waals surface area (Å²) in [6.45, 7) is 3.37. The Bertz CT molecular complexity index is 638. The zero-order valence-electron chi connectivity index (χ0n) is 11.6. The van der Waals surface area contributed by atoms with Gasteiger partial charge >= 0.3 is 0 Å². The van der Waals surface area contributed by atoms with Crippen LogP contribution in [0.3, 0.4) is 0 Å². The lowest BCUT2D eigenvalue weighted by atomic mass is 9.94. The molecule has 0 radical (unpaired) electrons. The fraction of sp³-hybridized carbons (Fsp3) is 0.250. The van der Waals surface area contributed by atoms with Gasteiger partial charge in [-0.15, -0.1) is 0 Å². The van der Waals surface area contributed by atoms with Crippen LogP contribution in [0.4, 0.5) is 13.2 Å². The molecule has 2 rings (SSSR count). The fourth-order valence-corrected chi connectivity index (χ4v) is 2.15. The van der Waals surface area contributed by atoms with Gasteiger partial charge in [0.05, 0.1) is 0 Å². The molecule has 0 aliphatic heterocycles. The molecule has 0 fully saturated rings. The van der Waals surface area contributed by atoms with Crippen molar-refractivity contribution in [1.82, 2.24) is 5.32 Å². The first kappa shape index (κ1) is 14.6. The van der Waals surface area contributed by atoms with Gasteiger partial charge in [0, 0.05) is 11.6 Å². The van der Waals surface area contributed by atoms with Crippen molar-refractivity contribution in [3.05, 3.63) is 58.9 Å². The van der Waals surface area contributed by atoms with Gasteiger partial charge in [-0.05, 0) is 61.9 Å². The second-order valence-corrected chi connectivity index (χ2v) is 4.82. The first-order valence-corrected chi connectivity index (χ1v) is 6.36. The molecule has 0 aliphatic carbocycles. The van der Waals surface area contributed by atoms with Crippen molar-refractivity contribution in [3.8, 4) is 11.1 Å².